The molecule has 0 radical (unpaired) electrons. The van der Waals surface area contributed by atoms with E-state index in [-0.39, 0.29) is 11.8 Å². The summed E-state index contributed by atoms with van der Waals surface area (Å²) in [6.07, 6.45) is -1.04. The van der Waals surface area contributed by atoms with Gasteiger partial charge in [-0.05, 0) is 17.9 Å². The van der Waals surface area contributed by atoms with Gasteiger partial charge in [-0.25, -0.2) is 4.98 Å². The number of nitrogens with two attached hydrogens (primary N) is 1. The van der Waals surface area contributed by atoms with Gasteiger partial charge >= 0.3 is 0 Å². The van der Waals surface area contributed by atoms with Crippen molar-refractivity contribution in [3.05, 3.63) is 17.8 Å². The van der Waals surface area contributed by atoms with Crippen molar-refractivity contribution in [2.45, 2.75) is 26.2 Å². The number of hydrogen-bond donors (Lipinski definition) is 2. The quantitative estimate of drug-likeness (QED) is 0.814. The molecule has 1 rings (SSSR count). The molecule has 0 aliphatic rings. The molecule has 5 heteroatoms. The number of hydrogen-bond acceptors (Lipinski definition) is 3. The highest BCUT2D eigenvalue weighted by molar-refractivity contribution is 5.54. The minimum atomic E-state index is -2.63. The molecule has 0 amide bonds. The highest BCUT2D eigenvalue weighted by Crippen LogP contribution is 2.29. The Labute approximate surface area is 106 Å². The molecule has 0 spiro atoms. The van der Waals surface area contributed by atoms with Crippen LogP contribution in [0.2, 0.25) is 0 Å². The van der Waals surface area contributed by atoms with Crippen LogP contribution in [0.1, 0.15) is 25.3 Å². The van der Waals surface area contributed by atoms with Crippen molar-refractivity contribution < 1.29 is 8.78 Å². The molecule has 0 saturated carbocycles. The Morgan fingerprint density at radius 3 is 2.50 bits per heavy atom. The van der Waals surface area contributed by atoms with E-state index in [9.17, 15) is 8.78 Å². The number of rotatable bonds is 3. The molecule has 1 unspecified atom stereocenters. The van der Waals surface area contributed by atoms with Crippen molar-refractivity contribution in [3.8, 4) is 11.8 Å². The summed E-state index contributed by atoms with van der Waals surface area (Å²) in [4.78, 5) is 4.04. The van der Waals surface area contributed by atoms with Gasteiger partial charge in [0, 0.05) is 12.6 Å². The van der Waals surface area contributed by atoms with E-state index in [1.54, 1.807) is 19.3 Å². The molecule has 0 aliphatic carbocycles. The Bertz CT molecular complexity index is 461. The van der Waals surface area contributed by atoms with Crippen molar-refractivity contribution in [2.75, 3.05) is 18.1 Å². The van der Waals surface area contributed by atoms with Crippen LogP contribution >= 0.6 is 0 Å². The summed E-state index contributed by atoms with van der Waals surface area (Å²) in [5.41, 5.74) is 7.26. The molecule has 0 aromatic carbocycles. The third-order valence-electron chi connectivity index (χ3n) is 2.59. The second-order valence-electron chi connectivity index (χ2n) is 4.26. The van der Waals surface area contributed by atoms with Crippen LogP contribution in [-0.2, 0) is 0 Å². The summed E-state index contributed by atoms with van der Waals surface area (Å²) in [5.74, 6) is 4.54. The molecule has 3 N–H and O–H groups in total. The van der Waals surface area contributed by atoms with E-state index in [0.29, 0.717) is 11.4 Å². The molecule has 98 valence electrons. The third kappa shape index (κ3) is 3.59. The minimum absolute atomic E-state index is 0.0763. The number of nitrogen functional groups attached to an aromatic ring is 1. The van der Waals surface area contributed by atoms with Gasteiger partial charge in [-0.2, -0.15) is 8.78 Å². The van der Waals surface area contributed by atoms with Crippen LogP contribution in [0.4, 0.5) is 20.3 Å². The van der Waals surface area contributed by atoms with E-state index in [4.69, 9.17) is 5.73 Å². The summed E-state index contributed by atoms with van der Waals surface area (Å²) >= 11 is 0. The number of aromatic nitrogens is 1. The molecular weight excluding hydrogens is 236 g/mol. The second kappa shape index (κ2) is 6.20. The molecule has 1 atom stereocenters. The van der Waals surface area contributed by atoms with Crippen molar-refractivity contribution in [1.82, 2.24) is 4.98 Å². The largest absolute Gasteiger partial charge is 0.387 e. The topological polar surface area (TPSA) is 50.9 Å². The smallest absolute Gasteiger partial charge is 0.298 e. The highest BCUT2D eigenvalue weighted by atomic mass is 19.3. The zero-order valence-corrected chi connectivity index (χ0v) is 10.7. The fourth-order valence-corrected chi connectivity index (χ4v) is 1.63. The standard InChI is InChI=1S/C13H17F2N3/c1-8(2)10(4-5-12(14)15)11-6-9(17-3)7-18-13(11)16/h6-8,10,12,17H,1-3H3,(H2,16,18). The number of pyridine rings is 1. The molecular formula is C13H17F2N3. The van der Waals surface area contributed by atoms with Gasteiger partial charge in [0.15, 0.2) is 0 Å². The Kier molecular flexibility index (Phi) is 4.90. The zero-order chi connectivity index (χ0) is 13.7. The lowest BCUT2D eigenvalue weighted by molar-refractivity contribution is 0.215. The fourth-order valence-electron chi connectivity index (χ4n) is 1.63. The van der Waals surface area contributed by atoms with Gasteiger partial charge in [-0.3, -0.25) is 0 Å². The normalized spacial score (nSPS) is 12.2. The van der Waals surface area contributed by atoms with Crippen molar-refractivity contribution in [2.24, 2.45) is 5.92 Å². The highest BCUT2D eigenvalue weighted by Gasteiger charge is 2.17. The first-order chi connectivity index (χ1) is 8.45. The van der Waals surface area contributed by atoms with Crippen LogP contribution < -0.4 is 11.1 Å². The summed E-state index contributed by atoms with van der Waals surface area (Å²) < 4.78 is 24.4. The molecule has 1 aromatic rings. The summed E-state index contributed by atoms with van der Waals surface area (Å²) in [6, 6.07) is 1.80. The van der Waals surface area contributed by atoms with Crippen LogP contribution in [0.25, 0.3) is 0 Å². The van der Waals surface area contributed by atoms with Gasteiger partial charge in [0.25, 0.3) is 6.43 Å². The third-order valence-corrected chi connectivity index (χ3v) is 2.59. The van der Waals surface area contributed by atoms with Crippen molar-refractivity contribution in [1.29, 1.82) is 0 Å². The van der Waals surface area contributed by atoms with Crippen LogP contribution in [0.15, 0.2) is 12.3 Å². The molecule has 0 saturated heterocycles. The number of halogens is 2. The Hall–Kier alpha value is -1.83. The number of nitrogens with zero attached hydrogens (tertiary/aromatic N) is 1. The molecule has 18 heavy (non-hydrogen) atoms. The fraction of sp³-hybridized carbons (Fsp3) is 0.462. The zero-order valence-electron chi connectivity index (χ0n) is 10.7. The average Bonchev–Trinajstić information content (AvgIpc) is 2.30. The van der Waals surface area contributed by atoms with E-state index in [0.717, 1.165) is 5.69 Å². The maximum Gasteiger partial charge on any atom is 0.298 e. The van der Waals surface area contributed by atoms with Crippen LogP contribution in [0, 0.1) is 17.8 Å². The van der Waals surface area contributed by atoms with Gasteiger partial charge < -0.3 is 11.1 Å². The molecule has 1 aromatic heterocycles. The lowest BCUT2D eigenvalue weighted by Crippen LogP contribution is -2.10. The number of nitrogens with one attached hydrogen (secondary N) is 1. The Morgan fingerprint density at radius 2 is 2.00 bits per heavy atom. The van der Waals surface area contributed by atoms with E-state index in [1.165, 1.54) is 0 Å². The molecule has 3 nitrogen and oxygen atoms in total. The summed E-state index contributed by atoms with van der Waals surface area (Å²) in [6.45, 7) is 3.83. The predicted octanol–water partition coefficient (Wildman–Crippen LogP) is 2.71. The number of alkyl halides is 2. The Balaban J connectivity index is 3.18. The van der Waals surface area contributed by atoms with E-state index in [2.05, 4.69) is 16.2 Å². The first-order valence-corrected chi connectivity index (χ1v) is 5.68. The monoisotopic (exact) mass is 253 g/mol. The molecule has 0 fully saturated rings. The SMILES string of the molecule is CNc1cnc(N)c(C(C#CC(F)F)C(C)C)c1. The lowest BCUT2D eigenvalue weighted by atomic mass is 9.89. The number of anilines is 2. The van der Waals surface area contributed by atoms with Crippen LogP contribution in [0.3, 0.4) is 0 Å². The second-order valence-corrected chi connectivity index (χ2v) is 4.26. The molecule has 0 bridgehead atoms. The van der Waals surface area contributed by atoms with Crippen LogP contribution in [-0.4, -0.2) is 18.5 Å². The molecule has 1 heterocycles. The van der Waals surface area contributed by atoms with Gasteiger partial charge in [0.2, 0.25) is 0 Å². The van der Waals surface area contributed by atoms with E-state index < -0.39 is 6.43 Å². The Morgan fingerprint density at radius 1 is 1.33 bits per heavy atom. The van der Waals surface area contributed by atoms with Crippen molar-refractivity contribution in [3.63, 3.8) is 0 Å². The van der Waals surface area contributed by atoms with E-state index >= 15 is 0 Å². The van der Waals surface area contributed by atoms with E-state index in [1.807, 2.05) is 19.8 Å². The summed E-state index contributed by atoms with van der Waals surface area (Å²) in [5, 5.41) is 2.94. The van der Waals surface area contributed by atoms with Crippen molar-refractivity contribution >= 4 is 11.5 Å². The average molecular weight is 253 g/mol. The first kappa shape index (κ1) is 14.2. The van der Waals surface area contributed by atoms with Gasteiger partial charge in [-0.1, -0.05) is 19.8 Å². The van der Waals surface area contributed by atoms with Gasteiger partial charge in [-0.15, -0.1) is 0 Å². The maximum atomic E-state index is 12.2. The summed E-state index contributed by atoms with van der Waals surface area (Å²) in [7, 11) is 1.76. The molecule has 0 aliphatic heterocycles. The minimum Gasteiger partial charge on any atom is -0.387 e. The van der Waals surface area contributed by atoms with Gasteiger partial charge in [0.05, 0.1) is 17.8 Å². The first-order valence-electron chi connectivity index (χ1n) is 5.68. The van der Waals surface area contributed by atoms with Crippen LogP contribution in [0.5, 0.6) is 0 Å². The van der Waals surface area contributed by atoms with Gasteiger partial charge in [0.1, 0.15) is 5.82 Å². The predicted molar refractivity (Wildman–Crippen MR) is 69.6 cm³/mol. The lowest BCUT2D eigenvalue weighted by Gasteiger charge is -2.17. The maximum absolute atomic E-state index is 12.2.